The van der Waals surface area contributed by atoms with Crippen LogP contribution in [0.2, 0.25) is 10.0 Å². The third kappa shape index (κ3) is 2.49. The molecule has 1 aromatic carbocycles. The van der Waals surface area contributed by atoms with E-state index in [1.807, 2.05) is 0 Å². The lowest BCUT2D eigenvalue weighted by Gasteiger charge is -2.04. The Bertz CT molecular complexity index is 580. The third-order valence-electron chi connectivity index (χ3n) is 2.21. The normalized spacial score (nSPS) is 10.4. The maximum absolute atomic E-state index is 11.7. The molecule has 0 N–H and O–H groups in total. The van der Waals surface area contributed by atoms with Gasteiger partial charge in [-0.05, 0) is 25.1 Å². The van der Waals surface area contributed by atoms with Crippen molar-refractivity contribution in [2.45, 2.75) is 6.92 Å². The molecule has 2 rings (SSSR count). The molecule has 0 radical (unpaired) electrons. The zero-order valence-corrected chi connectivity index (χ0v) is 11.0. The van der Waals surface area contributed by atoms with Gasteiger partial charge < -0.3 is 9.15 Å². The highest BCUT2D eigenvalue weighted by molar-refractivity contribution is 6.35. The summed E-state index contributed by atoms with van der Waals surface area (Å²) in [5.41, 5.74) is 0.589. The minimum absolute atomic E-state index is 0.0843. The molecule has 0 spiro atoms. The summed E-state index contributed by atoms with van der Waals surface area (Å²) < 4.78 is 10.1. The lowest BCUT2D eigenvalue weighted by Crippen LogP contribution is -2.06. The van der Waals surface area contributed by atoms with E-state index in [-0.39, 0.29) is 18.1 Å². The second-order valence-corrected chi connectivity index (χ2v) is 4.22. The molecule has 0 amide bonds. The summed E-state index contributed by atoms with van der Waals surface area (Å²) in [5.74, 6) is -0.307. The largest absolute Gasteiger partial charge is 0.461 e. The van der Waals surface area contributed by atoms with Gasteiger partial charge in [-0.15, -0.1) is 0 Å². The van der Waals surface area contributed by atoms with Crippen molar-refractivity contribution in [3.63, 3.8) is 0 Å². The monoisotopic (exact) mass is 285 g/mol. The van der Waals surface area contributed by atoms with E-state index < -0.39 is 5.97 Å². The summed E-state index contributed by atoms with van der Waals surface area (Å²) in [6.45, 7) is 1.97. The molecule has 94 valence electrons. The number of carbonyl (C=O) groups excluding carboxylic acids is 1. The van der Waals surface area contributed by atoms with Crippen molar-refractivity contribution in [3.8, 4) is 11.3 Å². The quantitative estimate of drug-likeness (QED) is 0.805. The number of rotatable bonds is 3. The van der Waals surface area contributed by atoms with Crippen molar-refractivity contribution in [2.75, 3.05) is 6.61 Å². The van der Waals surface area contributed by atoms with E-state index in [0.717, 1.165) is 0 Å². The zero-order valence-electron chi connectivity index (χ0n) is 9.44. The third-order valence-corrected chi connectivity index (χ3v) is 2.77. The van der Waals surface area contributed by atoms with Crippen LogP contribution in [0.3, 0.4) is 0 Å². The first-order chi connectivity index (χ1) is 8.63. The number of hydrogen-bond donors (Lipinski definition) is 0. The van der Waals surface area contributed by atoms with Crippen LogP contribution in [0, 0.1) is 0 Å². The van der Waals surface area contributed by atoms with Gasteiger partial charge in [0.2, 0.25) is 0 Å². The summed E-state index contributed by atoms with van der Waals surface area (Å²) in [6, 6.07) is 4.87. The van der Waals surface area contributed by atoms with Crippen LogP contribution in [0.25, 0.3) is 11.3 Å². The topological polar surface area (TPSA) is 52.3 Å². The number of carbonyl (C=O) groups is 1. The molecule has 0 aliphatic heterocycles. The van der Waals surface area contributed by atoms with Gasteiger partial charge in [0.1, 0.15) is 0 Å². The maximum Gasteiger partial charge on any atom is 0.360 e. The van der Waals surface area contributed by atoms with E-state index in [4.69, 9.17) is 32.4 Å². The molecule has 4 nitrogen and oxygen atoms in total. The van der Waals surface area contributed by atoms with E-state index in [2.05, 4.69) is 4.98 Å². The fourth-order valence-corrected chi connectivity index (χ4v) is 1.83. The molecule has 0 fully saturated rings. The second-order valence-electron chi connectivity index (χ2n) is 3.37. The number of benzene rings is 1. The number of aromatic nitrogens is 1. The van der Waals surface area contributed by atoms with Crippen molar-refractivity contribution in [1.29, 1.82) is 0 Å². The highest BCUT2D eigenvalue weighted by atomic mass is 35.5. The molecule has 0 saturated carbocycles. The van der Waals surface area contributed by atoms with Crippen LogP contribution in [0.5, 0.6) is 0 Å². The minimum atomic E-state index is -0.558. The van der Waals surface area contributed by atoms with E-state index >= 15 is 0 Å². The molecule has 6 heteroatoms. The fraction of sp³-hybridized carbons (Fsp3) is 0.167. The summed E-state index contributed by atoms with van der Waals surface area (Å²) in [5, 5.41) is 0.905. The molecule has 0 aliphatic rings. The first kappa shape index (κ1) is 12.9. The summed E-state index contributed by atoms with van der Waals surface area (Å²) in [4.78, 5) is 15.5. The maximum atomic E-state index is 11.7. The van der Waals surface area contributed by atoms with Gasteiger partial charge in [-0.25, -0.2) is 9.78 Å². The predicted octanol–water partition coefficient (Wildman–Crippen LogP) is 3.83. The molecule has 0 aliphatic carbocycles. The minimum Gasteiger partial charge on any atom is -0.461 e. The Balaban J connectivity index is 2.48. The molecule has 1 heterocycles. The Morgan fingerprint density at radius 3 is 2.94 bits per heavy atom. The van der Waals surface area contributed by atoms with Crippen molar-refractivity contribution in [1.82, 2.24) is 4.98 Å². The first-order valence-electron chi connectivity index (χ1n) is 5.19. The second kappa shape index (κ2) is 5.42. The van der Waals surface area contributed by atoms with Crippen LogP contribution in [0.1, 0.15) is 17.4 Å². The van der Waals surface area contributed by atoms with Gasteiger partial charge in [0.15, 0.2) is 17.8 Å². The van der Waals surface area contributed by atoms with Crippen LogP contribution in [-0.2, 0) is 4.74 Å². The van der Waals surface area contributed by atoms with E-state index in [9.17, 15) is 4.79 Å². The first-order valence-corrected chi connectivity index (χ1v) is 5.95. The zero-order chi connectivity index (χ0) is 13.1. The highest BCUT2D eigenvalue weighted by Crippen LogP contribution is 2.32. The van der Waals surface area contributed by atoms with Gasteiger partial charge >= 0.3 is 5.97 Å². The van der Waals surface area contributed by atoms with E-state index in [1.165, 1.54) is 6.39 Å². The number of halogens is 2. The molecule has 1 aromatic heterocycles. The number of nitrogens with zero attached hydrogens (tertiary/aromatic N) is 1. The van der Waals surface area contributed by atoms with Gasteiger partial charge in [0, 0.05) is 10.6 Å². The molecule has 0 saturated heterocycles. The SMILES string of the molecule is CCOC(=O)c1ncoc1-c1cc(Cl)ccc1Cl. The molecule has 18 heavy (non-hydrogen) atoms. The van der Waals surface area contributed by atoms with Crippen molar-refractivity contribution >= 4 is 29.2 Å². The molecule has 0 unspecified atom stereocenters. The predicted molar refractivity (Wildman–Crippen MR) is 67.9 cm³/mol. The Labute approximate surface area is 113 Å². The van der Waals surface area contributed by atoms with Crippen molar-refractivity contribution < 1.29 is 13.9 Å². The smallest absolute Gasteiger partial charge is 0.360 e. The Morgan fingerprint density at radius 2 is 2.22 bits per heavy atom. The number of ether oxygens (including phenoxy) is 1. The summed E-state index contributed by atoms with van der Waals surface area (Å²) >= 11 is 11.9. The van der Waals surface area contributed by atoms with Gasteiger partial charge in [-0.2, -0.15) is 0 Å². The Morgan fingerprint density at radius 1 is 1.44 bits per heavy atom. The number of oxazole rings is 1. The standard InChI is InChI=1S/C12H9Cl2NO3/c1-2-17-12(16)10-11(18-6-15-10)8-5-7(13)3-4-9(8)14/h3-6H,2H2,1H3. The number of hydrogen-bond acceptors (Lipinski definition) is 4. The van der Waals surface area contributed by atoms with Gasteiger partial charge in [-0.1, -0.05) is 23.2 Å². The molecule has 0 atom stereocenters. The van der Waals surface area contributed by atoms with Crippen LogP contribution < -0.4 is 0 Å². The molecular formula is C12H9Cl2NO3. The lowest BCUT2D eigenvalue weighted by molar-refractivity contribution is 0.0520. The lowest BCUT2D eigenvalue weighted by atomic mass is 10.1. The van der Waals surface area contributed by atoms with E-state index in [0.29, 0.717) is 15.6 Å². The highest BCUT2D eigenvalue weighted by Gasteiger charge is 2.21. The van der Waals surface area contributed by atoms with Crippen LogP contribution in [-0.4, -0.2) is 17.6 Å². The Hall–Kier alpha value is -1.52. The average Bonchev–Trinajstić information content (AvgIpc) is 2.81. The van der Waals surface area contributed by atoms with E-state index in [1.54, 1.807) is 25.1 Å². The summed E-state index contributed by atoms with van der Waals surface area (Å²) in [7, 11) is 0. The van der Waals surface area contributed by atoms with Crippen molar-refractivity contribution in [3.05, 3.63) is 40.3 Å². The van der Waals surface area contributed by atoms with Crippen LogP contribution >= 0.6 is 23.2 Å². The van der Waals surface area contributed by atoms with Gasteiger partial charge in [0.05, 0.1) is 11.6 Å². The Kier molecular flexibility index (Phi) is 3.89. The molecule has 2 aromatic rings. The van der Waals surface area contributed by atoms with Crippen molar-refractivity contribution in [2.24, 2.45) is 0 Å². The van der Waals surface area contributed by atoms with Gasteiger partial charge in [0.25, 0.3) is 0 Å². The fourth-order valence-electron chi connectivity index (χ4n) is 1.45. The number of esters is 1. The molecular weight excluding hydrogens is 277 g/mol. The van der Waals surface area contributed by atoms with Crippen LogP contribution in [0.15, 0.2) is 29.0 Å². The van der Waals surface area contributed by atoms with Crippen LogP contribution in [0.4, 0.5) is 0 Å². The average molecular weight is 286 g/mol. The van der Waals surface area contributed by atoms with Gasteiger partial charge in [-0.3, -0.25) is 0 Å². The summed E-state index contributed by atoms with van der Waals surface area (Å²) in [6.07, 6.45) is 1.17. The molecule has 0 bridgehead atoms.